The number of hydrogen-bond donors (Lipinski definition) is 1. The standard InChI is InChI=1S/C15H24N2O/c1-13(2)11-16-7-9-17(10-8-16)12-14-5-3-4-6-15(14)18/h3-6,13,18H,7-12H2,1-2H3. The maximum Gasteiger partial charge on any atom is 0.120 e. The second kappa shape index (κ2) is 6.21. The second-order valence-corrected chi connectivity index (χ2v) is 5.60. The summed E-state index contributed by atoms with van der Waals surface area (Å²) in [4.78, 5) is 4.96. The third kappa shape index (κ3) is 3.72. The van der Waals surface area contributed by atoms with E-state index in [-0.39, 0.29) is 0 Å². The van der Waals surface area contributed by atoms with Crippen molar-refractivity contribution in [2.75, 3.05) is 32.7 Å². The number of para-hydroxylation sites is 1. The molecule has 0 aliphatic carbocycles. The van der Waals surface area contributed by atoms with E-state index < -0.39 is 0 Å². The zero-order valence-electron chi connectivity index (χ0n) is 11.5. The highest BCUT2D eigenvalue weighted by molar-refractivity contribution is 5.31. The van der Waals surface area contributed by atoms with Gasteiger partial charge in [0.05, 0.1) is 0 Å². The number of hydrogen-bond acceptors (Lipinski definition) is 3. The Labute approximate surface area is 110 Å². The van der Waals surface area contributed by atoms with Gasteiger partial charge in [0.25, 0.3) is 0 Å². The molecule has 1 N–H and O–H groups in total. The van der Waals surface area contributed by atoms with Gasteiger partial charge in [-0.3, -0.25) is 4.90 Å². The summed E-state index contributed by atoms with van der Waals surface area (Å²) in [6, 6.07) is 7.64. The van der Waals surface area contributed by atoms with Gasteiger partial charge in [0.1, 0.15) is 5.75 Å². The molecule has 1 fully saturated rings. The van der Waals surface area contributed by atoms with Crippen molar-refractivity contribution >= 4 is 0 Å². The summed E-state index contributed by atoms with van der Waals surface area (Å²) in [5.74, 6) is 1.16. The second-order valence-electron chi connectivity index (χ2n) is 5.60. The molecule has 3 heteroatoms. The molecule has 1 heterocycles. The summed E-state index contributed by atoms with van der Waals surface area (Å²) in [5, 5.41) is 9.78. The zero-order chi connectivity index (χ0) is 13.0. The van der Waals surface area contributed by atoms with Crippen LogP contribution in [0.4, 0.5) is 0 Å². The van der Waals surface area contributed by atoms with Gasteiger partial charge in [-0.1, -0.05) is 32.0 Å². The van der Waals surface area contributed by atoms with Gasteiger partial charge in [0.15, 0.2) is 0 Å². The first-order chi connectivity index (χ1) is 8.65. The molecule has 1 aromatic rings. The van der Waals surface area contributed by atoms with Crippen LogP contribution in [0.2, 0.25) is 0 Å². The van der Waals surface area contributed by atoms with Gasteiger partial charge in [0, 0.05) is 44.8 Å². The van der Waals surface area contributed by atoms with Crippen molar-refractivity contribution in [3.63, 3.8) is 0 Å². The van der Waals surface area contributed by atoms with Crippen LogP contribution in [0.3, 0.4) is 0 Å². The Bertz CT molecular complexity index is 371. The minimum atomic E-state index is 0.419. The Balaban J connectivity index is 1.82. The number of rotatable bonds is 4. The summed E-state index contributed by atoms with van der Waals surface area (Å²) in [6.07, 6.45) is 0. The van der Waals surface area contributed by atoms with Gasteiger partial charge in [-0.2, -0.15) is 0 Å². The van der Waals surface area contributed by atoms with Crippen LogP contribution in [-0.4, -0.2) is 47.6 Å². The van der Waals surface area contributed by atoms with Crippen molar-refractivity contribution in [3.05, 3.63) is 29.8 Å². The number of benzene rings is 1. The lowest BCUT2D eigenvalue weighted by Crippen LogP contribution is -2.46. The number of phenolic OH excluding ortho intramolecular Hbond substituents is 1. The molecule has 1 aliphatic rings. The SMILES string of the molecule is CC(C)CN1CCN(Cc2ccccc2O)CC1. The van der Waals surface area contributed by atoms with E-state index in [9.17, 15) is 5.11 Å². The van der Waals surface area contributed by atoms with Gasteiger partial charge >= 0.3 is 0 Å². The summed E-state index contributed by atoms with van der Waals surface area (Å²) >= 11 is 0. The van der Waals surface area contributed by atoms with E-state index in [0.717, 1.165) is 44.2 Å². The van der Waals surface area contributed by atoms with E-state index >= 15 is 0 Å². The van der Waals surface area contributed by atoms with Crippen LogP contribution >= 0.6 is 0 Å². The van der Waals surface area contributed by atoms with E-state index in [4.69, 9.17) is 0 Å². The largest absolute Gasteiger partial charge is 0.508 e. The first-order valence-electron chi connectivity index (χ1n) is 6.86. The zero-order valence-corrected chi connectivity index (χ0v) is 11.5. The topological polar surface area (TPSA) is 26.7 Å². The molecule has 0 spiro atoms. The first-order valence-corrected chi connectivity index (χ1v) is 6.86. The van der Waals surface area contributed by atoms with Crippen LogP contribution in [0.25, 0.3) is 0 Å². The molecular formula is C15H24N2O. The molecule has 2 rings (SSSR count). The Kier molecular flexibility index (Phi) is 4.61. The van der Waals surface area contributed by atoms with Crippen molar-refractivity contribution in [3.8, 4) is 5.75 Å². The molecule has 100 valence electrons. The predicted molar refractivity (Wildman–Crippen MR) is 74.7 cm³/mol. The van der Waals surface area contributed by atoms with E-state index in [0.29, 0.717) is 5.75 Å². The fraction of sp³-hybridized carbons (Fsp3) is 0.600. The Morgan fingerprint density at radius 3 is 2.28 bits per heavy atom. The third-order valence-electron chi connectivity index (χ3n) is 3.47. The lowest BCUT2D eigenvalue weighted by Gasteiger charge is -2.35. The van der Waals surface area contributed by atoms with Crippen LogP contribution in [0.15, 0.2) is 24.3 Å². The highest BCUT2D eigenvalue weighted by Crippen LogP contribution is 2.18. The quantitative estimate of drug-likeness (QED) is 0.884. The third-order valence-corrected chi connectivity index (χ3v) is 3.47. The normalized spacial score (nSPS) is 18.4. The Morgan fingerprint density at radius 2 is 1.67 bits per heavy atom. The molecular weight excluding hydrogens is 224 g/mol. The monoisotopic (exact) mass is 248 g/mol. The molecule has 18 heavy (non-hydrogen) atoms. The fourth-order valence-corrected chi connectivity index (χ4v) is 2.53. The van der Waals surface area contributed by atoms with Crippen LogP contribution in [0.1, 0.15) is 19.4 Å². The van der Waals surface area contributed by atoms with Crippen LogP contribution in [-0.2, 0) is 6.54 Å². The lowest BCUT2D eigenvalue weighted by molar-refractivity contribution is 0.117. The Hall–Kier alpha value is -1.06. The number of phenols is 1. The maximum absolute atomic E-state index is 9.78. The number of nitrogens with zero attached hydrogens (tertiary/aromatic N) is 2. The molecule has 0 amide bonds. The minimum Gasteiger partial charge on any atom is -0.508 e. The molecule has 1 aliphatic heterocycles. The summed E-state index contributed by atoms with van der Waals surface area (Å²) < 4.78 is 0. The minimum absolute atomic E-state index is 0.419. The number of piperazine rings is 1. The molecule has 0 atom stereocenters. The van der Waals surface area contributed by atoms with Crippen molar-refractivity contribution in [1.82, 2.24) is 9.80 Å². The van der Waals surface area contributed by atoms with Crippen molar-refractivity contribution in [2.45, 2.75) is 20.4 Å². The predicted octanol–water partition coefficient (Wildman–Crippen LogP) is 2.17. The van der Waals surface area contributed by atoms with Gasteiger partial charge < -0.3 is 10.0 Å². The molecule has 1 aromatic carbocycles. The number of aromatic hydroxyl groups is 1. The summed E-state index contributed by atoms with van der Waals surface area (Å²) in [7, 11) is 0. The summed E-state index contributed by atoms with van der Waals surface area (Å²) in [5.41, 5.74) is 1.04. The average Bonchev–Trinajstić information content (AvgIpc) is 2.34. The average molecular weight is 248 g/mol. The molecule has 1 saturated heterocycles. The van der Waals surface area contributed by atoms with Crippen molar-refractivity contribution in [2.24, 2.45) is 5.92 Å². The van der Waals surface area contributed by atoms with Crippen LogP contribution in [0.5, 0.6) is 5.75 Å². The molecule has 0 aromatic heterocycles. The maximum atomic E-state index is 9.78. The fourth-order valence-electron chi connectivity index (χ4n) is 2.53. The Morgan fingerprint density at radius 1 is 1.06 bits per heavy atom. The smallest absolute Gasteiger partial charge is 0.120 e. The first kappa shape index (κ1) is 13.4. The highest BCUT2D eigenvalue weighted by atomic mass is 16.3. The molecule has 0 unspecified atom stereocenters. The van der Waals surface area contributed by atoms with Gasteiger partial charge in [-0.05, 0) is 12.0 Å². The van der Waals surface area contributed by atoms with Gasteiger partial charge in [0.2, 0.25) is 0 Å². The molecule has 0 saturated carbocycles. The highest BCUT2D eigenvalue weighted by Gasteiger charge is 2.18. The molecule has 0 radical (unpaired) electrons. The molecule has 3 nitrogen and oxygen atoms in total. The van der Waals surface area contributed by atoms with Crippen LogP contribution in [0, 0.1) is 5.92 Å². The van der Waals surface area contributed by atoms with Crippen LogP contribution < -0.4 is 0 Å². The van der Waals surface area contributed by atoms with Gasteiger partial charge in [-0.15, -0.1) is 0 Å². The molecule has 0 bridgehead atoms. The van der Waals surface area contributed by atoms with E-state index in [1.165, 1.54) is 6.54 Å². The lowest BCUT2D eigenvalue weighted by atomic mass is 10.1. The van der Waals surface area contributed by atoms with E-state index in [2.05, 4.69) is 23.6 Å². The van der Waals surface area contributed by atoms with Crippen molar-refractivity contribution < 1.29 is 5.11 Å². The van der Waals surface area contributed by atoms with Gasteiger partial charge in [-0.25, -0.2) is 0 Å². The van der Waals surface area contributed by atoms with E-state index in [1.54, 1.807) is 6.07 Å². The van der Waals surface area contributed by atoms with Crippen molar-refractivity contribution in [1.29, 1.82) is 0 Å². The van der Waals surface area contributed by atoms with E-state index in [1.807, 2.05) is 18.2 Å². The summed E-state index contributed by atoms with van der Waals surface area (Å²) in [6.45, 7) is 11.1.